The number of carbonyl (C=O) groups is 1. The average molecular weight is 382 g/mol. The molecule has 0 aliphatic carbocycles. The SMILES string of the molecule is CC(C)CNC(=O)CSc1nc2ccc(Cl)cc2c(=O)n1CC(C)C. The van der Waals surface area contributed by atoms with E-state index in [1.54, 1.807) is 22.8 Å². The zero-order valence-electron chi connectivity index (χ0n) is 15.0. The van der Waals surface area contributed by atoms with Gasteiger partial charge in [0.2, 0.25) is 5.91 Å². The number of nitrogens with zero attached hydrogens (tertiary/aromatic N) is 2. The first-order valence-electron chi connectivity index (χ1n) is 8.37. The van der Waals surface area contributed by atoms with Gasteiger partial charge in [-0.25, -0.2) is 4.98 Å². The summed E-state index contributed by atoms with van der Waals surface area (Å²) in [5.41, 5.74) is 0.478. The Labute approximate surface area is 157 Å². The fourth-order valence-electron chi connectivity index (χ4n) is 2.31. The largest absolute Gasteiger partial charge is 0.355 e. The molecule has 0 fully saturated rings. The van der Waals surface area contributed by atoms with Gasteiger partial charge in [0, 0.05) is 18.1 Å². The standard InChI is InChI=1S/C18H24ClN3O2S/c1-11(2)8-20-16(23)10-25-18-21-15-6-5-13(19)7-14(15)17(24)22(18)9-12(3)4/h5-7,11-12H,8-10H2,1-4H3,(H,20,23). The maximum Gasteiger partial charge on any atom is 0.262 e. The number of amides is 1. The quantitative estimate of drug-likeness (QED) is 0.588. The van der Waals surface area contributed by atoms with Gasteiger partial charge in [0.15, 0.2) is 5.16 Å². The third-order valence-electron chi connectivity index (χ3n) is 3.47. The average Bonchev–Trinajstić information content (AvgIpc) is 2.54. The highest BCUT2D eigenvalue weighted by atomic mass is 35.5. The van der Waals surface area contributed by atoms with E-state index in [1.807, 2.05) is 27.7 Å². The Hall–Kier alpha value is -1.53. The monoisotopic (exact) mass is 381 g/mol. The molecule has 1 aromatic carbocycles. The Bertz CT molecular complexity index is 818. The van der Waals surface area contributed by atoms with Crippen molar-refractivity contribution >= 4 is 40.2 Å². The van der Waals surface area contributed by atoms with E-state index in [4.69, 9.17) is 11.6 Å². The summed E-state index contributed by atoms with van der Waals surface area (Å²) < 4.78 is 1.64. The van der Waals surface area contributed by atoms with Crippen molar-refractivity contribution in [3.8, 4) is 0 Å². The molecular weight excluding hydrogens is 358 g/mol. The van der Waals surface area contributed by atoms with E-state index >= 15 is 0 Å². The molecule has 1 heterocycles. The van der Waals surface area contributed by atoms with E-state index in [1.165, 1.54) is 11.8 Å². The maximum atomic E-state index is 12.8. The Balaban J connectivity index is 2.32. The van der Waals surface area contributed by atoms with Gasteiger partial charge in [-0.05, 0) is 30.0 Å². The van der Waals surface area contributed by atoms with E-state index in [2.05, 4.69) is 10.3 Å². The smallest absolute Gasteiger partial charge is 0.262 e. The van der Waals surface area contributed by atoms with Crippen molar-refractivity contribution in [3.63, 3.8) is 0 Å². The summed E-state index contributed by atoms with van der Waals surface area (Å²) in [6, 6.07) is 5.10. The summed E-state index contributed by atoms with van der Waals surface area (Å²) in [5, 5.41) is 4.45. The van der Waals surface area contributed by atoms with Crippen molar-refractivity contribution in [2.75, 3.05) is 12.3 Å². The van der Waals surface area contributed by atoms with Crippen LogP contribution in [0.1, 0.15) is 27.7 Å². The lowest BCUT2D eigenvalue weighted by atomic mass is 10.2. The van der Waals surface area contributed by atoms with Crippen LogP contribution in [0, 0.1) is 11.8 Å². The number of halogens is 1. The van der Waals surface area contributed by atoms with Crippen molar-refractivity contribution < 1.29 is 4.79 Å². The van der Waals surface area contributed by atoms with Crippen LogP contribution in [0.3, 0.4) is 0 Å². The Morgan fingerprint density at radius 2 is 2.00 bits per heavy atom. The molecule has 1 N–H and O–H groups in total. The summed E-state index contributed by atoms with van der Waals surface area (Å²) in [6.45, 7) is 9.36. The number of thioether (sulfide) groups is 1. The second kappa shape index (κ2) is 8.72. The summed E-state index contributed by atoms with van der Waals surface area (Å²) in [5.74, 6) is 0.859. The summed E-state index contributed by atoms with van der Waals surface area (Å²) >= 11 is 7.31. The maximum absolute atomic E-state index is 12.8. The second-order valence-electron chi connectivity index (χ2n) is 6.85. The Morgan fingerprint density at radius 3 is 2.64 bits per heavy atom. The molecule has 0 saturated carbocycles. The molecule has 2 aromatic rings. The molecule has 0 aliphatic heterocycles. The van der Waals surface area contributed by atoms with Gasteiger partial charge in [0.05, 0.1) is 16.7 Å². The molecule has 136 valence electrons. The third kappa shape index (κ3) is 5.47. The van der Waals surface area contributed by atoms with E-state index in [0.717, 1.165) is 0 Å². The predicted molar refractivity (Wildman–Crippen MR) is 104 cm³/mol. The van der Waals surface area contributed by atoms with Gasteiger partial charge in [-0.1, -0.05) is 51.1 Å². The molecule has 0 aliphatic rings. The number of carbonyl (C=O) groups excluding carboxylic acids is 1. The van der Waals surface area contributed by atoms with Crippen molar-refractivity contribution in [3.05, 3.63) is 33.6 Å². The van der Waals surface area contributed by atoms with Gasteiger partial charge >= 0.3 is 0 Å². The molecule has 2 rings (SSSR count). The minimum Gasteiger partial charge on any atom is -0.355 e. The molecule has 0 spiro atoms. The van der Waals surface area contributed by atoms with Crippen LogP contribution in [-0.4, -0.2) is 27.8 Å². The first-order valence-corrected chi connectivity index (χ1v) is 9.74. The number of fused-ring (bicyclic) bond motifs is 1. The zero-order chi connectivity index (χ0) is 18.6. The van der Waals surface area contributed by atoms with Gasteiger partial charge in [-0.3, -0.25) is 14.2 Å². The molecule has 0 radical (unpaired) electrons. The highest BCUT2D eigenvalue weighted by molar-refractivity contribution is 7.99. The zero-order valence-corrected chi connectivity index (χ0v) is 16.6. The van der Waals surface area contributed by atoms with Gasteiger partial charge < -0.3 is 5.32 Å². The van der Waals surface area contributed by atoms with Crippen LogP contribution in [0.5, 0.6) is 0 Å². The summed E-state index contributed by atoms with van der Waals surface area (Å²) in [7, 11) is 0. The highest BCUT2D eigenvalue weighted by Crippen LogP contribution is 2.21. The van der Waals surface area contributed by atoms with Crippen LogP contribution in [0.25, 0.3) is 10.9 Å². The van der Waals surface area contributed by atoms with E-state index in [-0.39, 0.29) is 23.1 Å². The van der Waals surface area contributed by atoms with E-state index < -0.39 is 0 Å². The Morgan fingerprint density at radius 1 is 1.28 bits per heavy atom. The van der Waals surface area contributed by atoms with E-state index in [0.29, 0.717) is 40.1 Å². The lowest BCUT2D eigenvalue weighted by molar-refractivity contribution is -0.118. The van der Waals surface area contributed by atoms with Crippen LogP contribution in [-0.2, 0) is 11.3 Å². The fraction of sp³-hybridized carbons (Fsp3) is 0.500. The van der Waals surface area contributed by atoms with Crippen LogP contribution in [0.4, 0.5) is 0 Å². The lowest BCUT2D eigenvalue weighted by Crippen LogP contribution is -2.30. The van der Waals surface area contributed by atoms with Crippen LogP contribution >= 0.6 is 23.4 Å². The fourth-order valence-corrected chi connectivity index (χ4v) is 3.32. The molecule has 25 heavy (non-hydrogen) atoms. The van der Waals surface area contributed by atoms with Crippen LogP contribution in [0.2, 0.25) is 5.02 Å². The van der Waals surface area contributed by atoms with Gasteiger partial charge in [0.25, 0.3) is 5.56 Å². The molecule has 0 bridgehead atoms. The van der Waals surface area contributed by atoms with Crippen molar-refractivity contribution in [2.24, 2.45) is 11.8 Å². The molecule has 7 heteroatoms. The predicted octanol–water partition coefficient (Wildman–Crippen LogP) is 3.57. The van der Waals surface area contributed by atoms with Crippen molar-refractivity contribution in [1.82, 2.24) is 14.9 Å². The van der Waals surface area contributed by atoms with Gasteiger partial charge in [-0.2, -0.15) is 0 Å². The molecule has 0 saturated heterocycles. The van der Waals surface area contributed by atoms with Crippen LogP contribution in [0.15, 0.2) is 28.2 Å². The second-order valence-corrected chi connectivity index (χ2v) is 8.23. The topological polar surface area (TPSA) is 64.0 Å². The molecule has 1 amide bonds. The van der Waals surface area contributed by atoms with Crippen molar-refractivity contribution in [1.29, 1.82) is 0 Å². The number of rotatable bonds is 7. The highest BCUT2D eigenvalue weighted by Gasteiger charge is 2.14. The number of hydrogen-bond acceptors (Lipinski definition) is 4. The summed E-state index contributed by atoms with van der Waals surface area (Å²) in [6.07, 6.45) is 0. The minimum atomic E-state index is -0.119. The Kier molecular flexibility index (Phi) is 6.90. The number of benzene rings is 1. The van der Waals surface area contributed by atoms with Gasteiger partial charge in [-0.15, -0.1) is 0 Å². The van der Waals surface area contributed by atoms with Crippen molar-refractivity contribution in [2.45, 2.75) is 39.4 Å². The normalized spacial score (nSPS) is 11.5. The number of nitrogens with one attached hydrogen (secondary N) is 1. The third-order valence-corrected chi connectivity index (χ3v) is 4.68. The minimum absolute atomic E-state index is 0.0553. The molecule has 5 nitrogen and oxygen atoms in total. The van der Waals surface area contributed by atoms with E-state index in [9.17, 15) is 9.59 Å². The lowest BCUT2D eigenvalue weighted by Gasteiger charge is -2.15. The molecular formula is C18H24ClN3O2S. The number of hydrogen-bond donors (Lipinski definition) is 1. The van der Waals surface area contributed by atoms with Gasteiger partial charge in [0.1, 0.15) is 0 Å². The molecule has 0 atom stereocenters. The number of aromatic nitrogens is 2. The first kappa shape index (κ1) is 19.8. The summed E-state index contributed by atoms with van der Waals surface area (Å²) in [4.78, 5) is 29.4. The molecule has 0 unspecified atom stereocenters. The first-order chi connectivity index (χ1) is 11.8. The van der Waals surface area contributed by atoms with Crippen LogP contribution < -0.4 is 10.9 Å². The molecule has 1 aromatic heterocycles.